The highest BCUT2D eigenvalue weighted by Gasteiger charge is 2.45. The van der Waals surface area contributed by atoms with E-state index in [9.17, 15) is 9.59 Å². The van der Waals surface area contributed by atoms with Gasteiger partial charge in [0.05, 0.1) is 18.1 Å². The van der Waals surface area contributed by atoms with Crippen LogP contribution in [0.3, 0.4) is 0 Å². The molecule has 7 heteroatoms. The Hall–Kier alpha value is -0.950. The third kappa shape index (κ3) is 3.38. The van der Waals surface area contributed by atoms with E-state index in [0.717, 1.165) is 18.6 Å². The van der Waals surface area contributed by atoms with Gasteiger partial charge in [-0.2, -0.15) is 0 Å². The molecule has 0 aromatic heterocycles. The number of rotatable bonds is 3. The summed E-state index contributed by atoms with van der Waals surface area (Å²) in [5.41, 5.74) is 0. The predicted octanol–water partition coefficient (Wildman–Crippen LogP) is 1.20. The molecule has 1 spiro atoms. The lowest BCUT2D eigenvalue weighted by Gasteiger charge is -2.38. The van der Waals surface area contributed by atoms with Crippen LogP contribution in [0.4, 0.5) is 4.79 Å². The van der Waals surface area contributed by atoms with Gasteiger partial charge in [-0.05, 0) is 26.7 Å². The van der Waals surface area contributed by atoms with Gasteiger partial charge in [0.1, 0.15) is 6.04 Å². The molecule has 1 N–H and O–H groups in total. The van der Waals surface area contributed by atoms with Gasteiger partial charge < -0.3 is 14.4 Å². The molecule has 6 nitrogen and oxygen atoms in total. The number of hydrogen-bond acceptors (Lipinski definition) is 6. The van der Waals surface area contributed by atoms with Crippen LogP contribution in [0.1, 0.15) is 26.7 Å². The number of nitrogens with one attached hydrogen (secondary N) is 1. The Morgan fingerprint density at radius 3 is 2.50 bits per heavy atom. The van der Waals surface area contributed by atoms with E-state index in [1.165, 1.54) is 0 Å². The normalized spacial score (nSPS) is 24.7. The van der Waals surface area contributed by atoms with Crippen LogP contribution in [0.15, 0.2) is 0 Å². The maximum atomic E-state index is 11.7. The van der Waals surface area contributed by atoms with Crippen molar-refractivity contribution in [3.63, 3.8) is 0 Å². The Balaban J connectivity index is 1.84. The van der Waals surface area contributed by atoms with Gasteiger partial charge in [0.25, 0.3) is 0 Å². The molecule has 1 amide bonds. The average Bonchev–Trinajstić information content (AvgIpc) is 2.84. The van der Waals surface area contributed by atoms with E-state index in [4.69, 9.17) is 9.47 Å². The minimum atomic E-state index is -0.243. The molecule has 0 saturated carbocycles. The first kappa shape index (κ1) is 15.4. The number of esters is 1. The Labute approximate surface area is 123 Å². The van der Waals surface area contributed by atoms with Crippen molar-refractivity contribution >= 4 is 23.8 Å². The molecule has 2 saturated heterocycles. The van der Waals surface area contributed by atoms with Gasteiger partial charge in [-0.3, -0.25) is 10.1 Å². The minimum Gasteiger partial charge on any atom is -0.465 e. The van der Waals surface area contributed by atoms with Gasteiger partial charge in [-0.1, -0.05) is 0 Å². The van der Waals surface area contributed by atoms with Crippen molar-refractivity contribution < 1.29 is 19.1 Å². The smallest absolute Gasteiger partial charge is 0.409 e. The molecule has 2 rings (SSSR count). The van der Waals surface area contributed by atoms with Crippen molar-refractivity contribution in [3.8, 4) is 0 Å². The topological polar surface area (TPSA) is 67.9 Å². The van der Waals surface area contributed by atoms with Crippen LogP contribution in [0.25, 0.3) is 0 Å². The lowest BCUT2D eigenvalue weighted by molar-refractivity contribution is -0.145. The number of amides is 1. The summed E-state index contributed by atoms with van der Waals surface area (Å²) in [6, 6.07) is -0.228. The Morgan fingerprint density at radius 1 is 1.25 bits per heavy atom. The first-order valence-electron chi connectivity index (χ1n) is 7.10. The van der Waals surface area contributed by atoms with Gasteiger partial charge in [0.15, 0.2) is 0 Å². The molecule has 0 aliphatic carbocycles. The Kier molecular flexibility index (Phi) is 5.15. The van der Waals surface area contributed by atoms with Crippen LogP contribution >= 0.6 is 11.8 Å². The molecule has 2 heterocycles. The maximum absolute atomic E-state index is 11.7. The fourth-order valence-electron chi connectivity index (χ4n) is 2.57. The number of likely N-dealkylation sites (tertiary alicyclic amines) is 1. The van der Waals surface area contributed by atoms with E-state index in [2.05, 4.69) is 5.32 Å². The summed E-state index contributed by atoms with van der Waals surface area (Å²) in [6.45, 7) is 5.75. The van der Waals surface area contributed by atoms with Gasteiger partial charge in [-0.25, -0.2) is 4.79 Å². The van der Waals surface area contributed by atoms with Crippen LogP contribution in [0.2, 0.25) is 0 Å². The second kappa shape index (κ2) is 6.67. The van der Waals surface area contributed by atoms with Crippen LogP contribution in [0.5, 0.6) is 0 Å². The van der Waals surface area contributed by atoms with E-state index in [0.29, 0.717) is 26.3 Å². The van der Waals surface area contributed by atoms with Crippen LogP contribution in [-0.4, -0.2) is 59.9 Å². The average molecular weight is 302 g/mol. The lowest BCUT2D eigenvalue weighted by Crippen LogP contribution is -2.53. The van der Waals surface area contributed by atoms with Crippen molar-refractivity contribution in [2.24, 2.45) is 0 Å². The first-order chi connectivity index (χ1) is 9.60. The van der Waals surface area contributed by atoms with Crippen molar-refractivity contribution in [2.75, 3.05) is 32.1 Å². The molecule has 0 bridgehead atoms. The van der Waals surface area contributed by atoms with E-state index in [1.807, 2.05) is 13.8 Å². The largest absolute Gasteiger partial charge is 0.465 e. The van der Waals surface area contributed by atoms with E-state index in [1.54, 1.807) is 16.7 Å². The highest BCUT2D eigenvalue weighted by atomic mass is 32.2. The van der Waals surface area contributed by atoms with E-state index >= 15 is 0 Å². The van der Waals surface area contributed by atoms with Crippen LogP contribution < -0.4 is 5.32 Å². The number of thioether (sulfide) groups is 1. The highest BCUT2D eigenvalue weighted by Crippen LogP contribution is 2.39. The summed E-state index contributed by atoms with van der Waals surface area (Å²) in [4.78, 5) is 25.0. The zero-order valence-electron chi connectivity index (χ0n) is 12.0. The number of nitrogens with zero attached hydrogens (tertiary/aromatic N) is 1. The number of ether oxygens (including phenoxy) is 2. The van der Waals surface area contributed by atoms with Crippen molar-refractivity contribution in [1.82, 2.24) is 10.2 Å². The number of piperidine rings is 1. The number of carbonyl (C=O) groups is 2. The number of carbonyl (C=O) groups excluding carboxylic acids is 2. The van der Waals surface area contributed by atoms with Crippen molar-refractivity contribution in [2.45, 2.75) is 37.6 Å². The molecule has 2 aliphatic rings. The van der Waals surface area contributed by atoms with E-state index in [-0.39, 0.29) is 23.0 Å². The van der Waals surface area contributed by atoms with E-state index < -0.39 is 0 Å². The molecule has 20 heavy (non-hydrogen) atoms. The monoisotopic (exact) mass is 302 g/mol. The molecule has 0 radical (unpaired) electrons. The molecule has 2 aliphatic heterocycles. The molecule has 114 valence electrons. The lowest BCUT2D eigenvalue weighted by atomic mass is 10.0. The third-order valence-electron chi connectivity index (χ3n) is 3.63. The molecule has 1 unspecified atom stereocenters. The zero-order valence-corrected chi connectivity index (χ0v) is 12.8. The fraction of sp³-hybridized carbons (Fsp3) is 0.846. The summed E-state index contributed by atoms with van der Waals surface area (Å²) < 4.78 is 10.1. The van der Waals surface area contributed by atoms with Gasteiger partial charge in [0, 0.05) is 18.8 Å². The molecular weight excluding hydrogens is 280 g/mol. The second-order valence-electron chi connectivity index (χ2n) is 4.94. The standard InChI is InChI=1S/C13H22N2O4S/c1-3-18-11(16)10-9-20-13(14-10)5-7-15(8-6-13)12(17)19-4-2/h10,14H,3-9H2,1-2H3. The van der Waals surface area contributed by atoms with Gasteiger partial charge in [-0.15, -0.1) is 11.8 Å². The minimum absolute atomic E-state index is 0.0968. The maximum Gasteiger partial charge on any atom is 0.409 e. The van der Waals surface area contributed by atoms with Gasteiger partial charge in [0.2, 0.25) is 0 Å². The summed E-state index contributed by atoms with van der Waals surface area (Å²) in [7, 11) is 0. The first-order valence-corrected chi connectivity index (χ1v) is 8.09. The van der Waals surface area contributed by atoms with Crippen LogP contribution in [0, 0.1) is 0 Å². The predicted molar refractivity (Wildman–Crippen MR) is 76.6 cm³/mol. The highest BCUT2D eigenvalue weighted by molar-refractivity contribution is 8.01. The zero-order chi connectivity index (χ0) is 14.6. The van der Waals surface area contributed by atoms with Gasteiger partial charge >= 0.3 is 12.1 Å². The fourth-order valence-corrected chi connectivity index (χ4v) is 3.97. The Bertz CT molecular complexity index is 369. The molecular formula is C13H22N2O4S. The SMILES string of the molecule is CCOC(=O)C1CSC2(CCN(C(=O)OCC)CC2)N1. The molecule has 0 aromatic carbocycles. The van der Waals surface area contributed by atoms with Crippen molar-refractivity contribution in [1.29, 1.82) is 0 Å². The van der Waals surface area contributed by atoms with Crippen LogP contribution in [-0.2, 0) is 14.3 Å². The summed E-state index contributed by atoms with van der Waals surface area (Å²) in [6.07, 6.45) is 1.41. The molecule has 2 fully saturated rings. The van der Waals surface area contributed by atoms with Crippen molar-refractivity contribution in [3.05, 3.63) is 0 Å². The third-order valence-corrected chi connectivity index (χ3v) is 5.21. The summed E-state index contributed by atoms with van der Waals surface area (Å²) in [5, 5.41) is 3.39. The number of hydrogen-bond donors (Lipinski definition) is 1. The molecule has 0 aromatic rings. The summed E-state index contributed by atoms with van der Waals surface area (Å²) >= 11 is 1.76. The Morgan fingerprint density at radius 2 is 1.90 bits per heavy atom. The molecule has 1 atom stereocenters. The summed E-state index contributed by atoms with van der Waals surface area (Å²) in [5.74, 6) is 0.558. The second-order valence-corrected chi connectivity index (χ2v) is 6.34. The quantitative estimate of drug-likeness (QED) is 0.790.